The van der Waals surface area contributed by atoms with Crippen LogP contribution in [0.1, 0.15) is 56.7 Å². The Balaban J connectivity index is 2.08. The lowest BCUT2D eigenvalue weighted by Crippen LogP contribution is -2.50. The summed E-state index contributed by atoms with van der Waals surface area (Å²) in [5, 5.41) is 3.07. The van der Waals surface area contributed by atoms with Crippen LogP contribution in [-0.4, -0.2) is 34.6 Å². The number of aryl methyl sites for hydroxylation is 1. The number of nitrogens with one attached hydrogen (secondary N) is 1. The minimum Gasteiger partial charge on any atom is -0.352 e. The van der Waals surface area contributed by atoms with E-state index in [-0.39, 0.29) is 17.9 Å². The highest BCUT2D eigenvalue weighted by molar-refractivity contribution is 7.98. The first-order valence-corrected chi connectivity index (χ1v) is 12.4. The van der Waals surface area contributed by atoms with Gasteiger partial charge in [-0.05, 0) is 43.4 Å². The highest BCUT2D eigenvalue weighted by Gasteiger charge is 2.29. The fourth-order valence-corrected chi connectivity index (χ4v) is 4.29. The SMILES string of the molecule is CC[C@@H](C)NC(=O)[C@@H](CC)N(Cc1ccccc1C)C(=O)CCSCc1ccccc1. The Kier molecular flexibility index (Phi) is 10.6. The zero-order chi connectivity index (χ0) is 22.6. The van der Waals surface area contributed by atoms with Crippen molar-refractivity contribution in [3.8, 4) is 0 Å². The first-order chi connectivity index (χ1) is 15.0. The van der Waals surface area contributed by atoms with Gasteiger partial charge >= 0.3 is 0 Å². The van der Waals surface area contributed by atoms with Gasteiger partial charge in [-0.1, -0.05) is 68.4 Å². The molecule has 0 aliphatic carbocycles. The molecule has 4 nitrogen and oxygen atoms in total. The smallest absolute Gasteiger partial charge is 0.243 e. The lowest BCUT2D eigenvalue weighted by Gasteiger charge is -2.32. The number of hydrogen-bond acceptors (Lipinski definition) is 3. The Morgan fingerprint density at radius 2 is 1.68 bits per heavy atom. The van der Waals surface area contributed by atoms with Gasteiger partial charge in [-0.2, -0.15) is 11.8 Å². The molecule has 31 heavy (non-hydrogen) atoms. The van der Waals surface area contributed by atoms with E-state index in [1.807, 2.05) is 70.2 Å². The number of benzene rings is 2. The van der Waals surface area contributed by atoms with E-state index in [0.717, 1.165) is 29.1 Å². The summed E-state index contributed by atoms with van der Waals surface area (Å²) in [5.41, 5.74) is 3.48. The van der Waals surface area contributed by atoms with Crippen LogP contribution in [0, 0.1) is 6.92 Å². The van der Waals surface area contributed by atoms with Gasteiger partial charge in [-0.25, -0.2) is 0 Å². The van der Waals surface area contributed by atoms with Crippen molar-refractivity contribution in [3.05, 3.63) is 71.3 Å². The molecule has 0 aliphatic rings. The van der Waals surface area contributed by atoms with E-state index in [2.05, 4.69) is 17.4 Å². The first-order valence-electron chi connectivity index (χ1n) is 11.2. The summed E-state index contributed by atoms with van der Waals surface area (Å²) in [6, 6.07) is 18.0. The van der Waals surface area contributed by atoms with Crippen LogP contribution >= 0.6 is 11.8 Å². The molecule has 168 valence electrons. The van der Waals surface area contributed by atoms with E-state index in [1.165, 1.54) is 5.56 Å². The van der Waals surface area contributed by atoms with E-state index in [1.54, 1.807) is 16.7 Å². The Labute approximate surface area is 191 Å². The van der Waals surface area contributed by atoms with Crippen LogP contribution in [0.2, 0.25) is 0 Å². The van der Waals surface area contributed by atoms with Crippen LogP contribution < -0.4 is 5.32 Å². The van der Waals surface area contributed by atoms with Crippen molar-refractivity contribution in [1.82, 2.24) is 10.2 Å². The molecule has 0 unspecified atom stereocenters. The fraction of sp³-hybridized carbons (Fsp3) is 0.462. The molecule has 0 aliphatic heterocycles. The van der Waals surface area contributed by atoms with Gasteiger partial charge in [-0.3, -0.25) is 9.59 Å². The van der Waals surface area contributed by atoms with Gasteiger partial charge in [0.1, 0.15) is 6.04 Å². The maximum absolute atomic E-state index is 13.3. The Hall–Kier alpha value is -2.27. The Morgan fingerprint density at radius 1 is 1.00 bits per heavy atom. The molecule has 0 aromatic heterocycles. The molecule has 2 aromatic carbocycles. The van der Waals surface area contributed by atoms with Crippen molar-refractivity contribution in [3.63, 3.8) is 0 Å². The maximum Gasteiger partial charge on any atom is 0.243 e. The number of carbonyl (C=O) groups excluding carboxylic acids is 2. The van der Waals surface area contributed by atoms with Crippen LogP contribution in [0.15, 0.2) is 54.6 Å². The van der Waals surface area contributed by atoms with Crippen LogP contribution in [-0.2, 0) is 21.9 Å². The zero-order valence-corrected chi connectivity index (χ0v) is 20.1. The van der Waals surface area contributed by atoms with E-state index < -0.39 is 6.04 Å². The molecule has 0 saturated heterocycles. The van der Waals surface area contributed by atoms with Gasteiger partial charge in [0.15, 0.2) is 0 Å². The van der Waals surface area contributed by atoms with Crippen molar-refractivity contribution in [2.75, 3.05) is 5.75 Å². The van der Waals surface area contributed by atoms with Crippen molar-refractivity contribution in [1.29, 1.82) is 0 Å². The average Bonchev–Trinajstić information content (AvgIpc) is 2.78. The largest absolute Gasteiger partial charge is 0.352 e. The van der Waals surface area contributed by atoms with Gasteiger partial charge < -0.3 is 10.2 Å². The predicted molar refractivity (Wildman–Crippen MR) is 131 cm³/mol. The molecule has 2 aromatic rings. The molecule has 2 amide bonds. The second-order valence-corrected chi connectivity index (χ2v) is 9.08. The summed E-state index contributed by atoms with van der Waals surface area (Å²) >= 11 is 1.76. The third-order valence-electron chi connectivity index (χ3n) is 5.56. The number of rotatable bonds is 12. The van der Waals surface area contributed by atoms with Crippen molar-refractivity contribution < 1.29 is 9.59 Å². The Morgan fingerprint density at radius 3 is 2.32 bits per heavy atom. The number of carbonyl (C=O) groups is 2. The summed E-state index contributed by atoms with van der Waals surface area (Å²) in [6.07, 6.45) is 1.89. The molecule has 0 bridgehead atoms. The summed E-state index contributed by atoms with van der Waals surface area (Å²) in [5.74, 6) is 1.60. The third-order valence-corrected chi connectivity index (χ3v) is 6.59. The van der Waals surface area contributed by atoms with E-state index in [0.29, 0.717) is 19.4 Å². The van der Waals surface area contributed by atoms with Gasteiger partial charge in [0.2, 0.25) is 11.8 Å². The molecule has 0 heterocycles. The van der Waals surface area contributed by atoms with E-state index in [4.69, 9.17) is 0 Å². The summed E-state index contributed by atoms with van der Waals surface area (Å²) in [6.45, 7) is 8.53. The number of amides is 2. The standard InChI is InChI=1S/C26H36N2O2S/c1-5-21(4)27-26(30)24(6-2)28(18-23-15-11-10-12-20(23)3)25(29)16-17-31-19-22-13-8-7-9-14-22/h7-15,21,24H,5-6,16-19H2,1-4H3,(H,27,30)/t21-,24-/m1/s1. The molecule has 0 fully saturated rings. The van der Waals surface area contributed by atoms with Gasteiger partial charge in [0, 0.05) is 30.5 Å². The quantitative estimate of drug-likeness (QED) is 0.453. The van der Waals surface area contributed by atoms with Gasteiger partial charge in [-0.15, -0.1) is 0 Å². The van der Waals surface area contributed by atoms with Gasteiger partial charge in [0.05, 0.1) is 0 Å². The molecule has 1 N–H and O–H groups in total. The summed E-state index contributed by atoms with van der Waals surface area (Å²) in [4.78, 5) is 28.0. The molecule has 5 heteroatoms. The maximum atomic E-state index is 13.3. The molecule has 2 atom stereocenters. The van der Waals surface area contributed by atoms with Gasteiger partial charge in [0.25, 0.3) is 0 Å². The molecule has 0 saturated carbocycles. The topological polar surface area (TPSA) is 49.4 Å². The average molecular weight is 441 g/mol. The van der Waals surface area contributed by atoms with E-state index >= 15 is 0 Å². The molecule has 0 spiro atoms. The first kappa shape index (κ1) is 25.0. The Bertz CT molecular complexity index is 825. The lowest BCUT2D eigenvalue weighted by molar-refractivity contribution is -0.141. The van der Waals surface area contributed by atoms with E-state index in [9.17, 15) is 9.59 Å². The summed E-state index contributed by atoms with van der Waals surface area (Å²) < 4.78 is 0. The van der Waals surface area contributed by atoms with Crippen molar-refractivity contribution in [2.45, 2.75) is 71.3 Å². The lowest BCUT2D eigenvalue weighted by atomic mass is 10.1. The second-order valence-electron chi connectivity index (χ2n) is 7.98. The van der Waals surface area contributed by atoms with Crippen LogP contribution in [0.4, 0.5) is 0 Å². The zero-order valence-electron chi connectivity index (χ0n) is 19.3. The minimum atomic E-state index is -0.458. The molecular formula is C26H36N2O2S. The number of thioether (sulfide) groups is 1. The second kappa shape index (κ2) is 13.2. The molecule has 0 radical (unpaired) electrons. The van der Waals surface area contributed by atoms with Crippen molar-refractivity contribution in [2.24, 2.45) is 0 Å². The highest BCUT2D eigenvalue weighted by atomic mass is 32.2. The molecular weight excluding hydrogens is 404 g/mol. The van der Waals surface area contributed by atoms with Crippen LogP contribution in [0.25, 0.3) is 0 Å². The highest BCUT2D eigenvalue weighted by Crippen LogP contribution is 2.19. The van der Waals surface area contributed by atoms with Crippen LogP contribution in [0.5, 0.6) is 0 Å². The van der Waals surface area contributed by atoms with Crippen molar-refractivity contribution >= 4 is 23.6 Å². The fourth-order valence-electron chi connectivity index (χ4n) is 3.40. The molecule has 2 rings (SSSR count). The third kappa shape index (κ3) is 8.06. The number of nitrogens with zero attached hydrogens (tertiary/aromatic N) is 1. The minimum absolute atomic E-state index is 0.0370. The number of hydrogen-bond donors (Lipinski definition) is 1. The normalized spacial score (nSPS) is 12.8. The monoisotopic (exact) mass is 440 g/mol. The van der Waals surface area contributed by atoms with Crippen LogP contribution in [0.3, 0.4) is 0 Å². The predicted octanol–water partition coefficient (Wildman–Crippen LogP) is 5.34. The summed E-state index contributed by atoms with van der Waals surface area (Å²) in [7, 11) is 0.